The van der Waals surface area contributed by atoms with E-state index in [4.69, 9.17) is 5.73 Å². The Labute approximate surface area is 126 Å². The van der Waals surface area contributed by atoms with Gasteiger partial charge in [-0.05, 0) is 32.2 Å². The van der Waals surface area contributed by atoms with Crippen LogP contribution in [0.3, 0.4) is 0 Å². The van der Waals surface area contributed by atoms with E-state index in [1.54, 1.807) is 4.90 Å². The molecule has 0 spiro atoms. The van der Waals surface area contributed by atoms with Crippen molar-refractivity contribution in [2.45, 2.75) is 52.1 Å². The summed E-state index contributed by atoms with van der Waals surface area (Å²) in [5.41, 5.74) is 5.49. The average Bonchev–Trinajstić information content (AvgIpc) is 2.82. The van der Waals surface area contributed by atoms with Crippen molar-refractivity contribution in [1.29, 1.82) is 0 Å². The lowest BCUT2D eigenvalue weighted by Crippen LogP contribution is -2.50. The lowest BCUT2D eigenvalue weighted by atomic mass is 10.0. The van der Waals surface area contributed by atoms with Gasteiger partial charge in [-0.1, -0.05) is 13.8 Å². The van der Waals surface area contributed by atoms with Crippen molar-refractivity contribution in [2.75, 3.05) is 20.1 Å². The van der Waals surface area contributed by atoms with Crippen LogP contribution in [0.15, 0.2) is 0 Å². The SMILES string of the molecule is CC(=O)C(=O)N1CCC[C@H]1CN(C)[C@H](CC(C)C)C(N)=O. The lowest BCUT2D eigenvalue weighted by Gasteiger charge is -2.32. The molecule has 1 heterocycles. The number of ketones is 1. The summed E-state index contributed by atoms with van der Waals surface area (Å²) in [6.07, 6.45) is 2.44. The van der Waals surface area contributed by atoms with Crippen molar-refractivity contribution in [3.05, 3.63) is 0 Å². The van der Waals surface area contributed by atoms with Crippen molar-refractivity contribution < 1.29 is 14.4 Å². The number of primary amides is 1. The first-order valence-electron chi connectivity index (χ1n) is 7.55. The van der Waals surface area contributed by atoms with Crippen LogP contribution in [0.25, 0.3) is 0 Å². The highest BCUT2D eigenvalue weighted by atomic mass is 16.2. The van der Waals surface area contributed by atoms with Gasteiger partial charge in [0.25, 0.3) is 5.91 Å². The molecule has 120 valence electrons. The molecule has 6 heteroatoms. The number of nitrogens with two attached hydrogens (primary N) is 1. The minimum Gasteiger partial charge on any atom is -0.368 e. The van der Waals surface area contributed by atoms with Crippen LogP contribution in [-0.2, 0) is 14.4 Å². The van der Waals surface area contributed by atoms with Gasteiger partial charge < -0.3 is 10.6 Å². The largest absolute Gasteiger partial charge is 0.368 e. The van der Waals surface area contributed by atoms with E-state index in [1.807, 2.05) is 25.8 Å². The summed E-state index contributed by atoms with van der Waals surface area (Å²) < 4.78 is 0. The lowest BCUT2D eigenvalue weighted by molar-refractivity contribution is -0.144. The van der Waals surface area contributed by atoms with Gasteiger partial charge in [0.15, 0.2) is 0 Å². The summed E-state index contributed by atoms with van der Waals surface area (Å²) in [5.74, 6) is -0.833. The van der Waals surface area contributed by atoms with Gasteiger partial charge in [-0.15, -0.1) is 0 Å². The molecule has 0 aromatic carbocycles. The zero-order chi connectivity index (χ0) is 16.2. The number of nitrogens with zero attached hydrogens (tertiary/aromatic N) is 2. The summed E-state index contributed by atoms with van der Waals surface area (Å²) in [7, 11) is 1.85. The Morgan fingerprint density at radius 2 is 1.95 bits per heavy atom. The molecule has 0 radical (unpaired) electrons. The first-order chi connectivity index (χ1) is 9.73. The van der Waals surface area contributed by atoms with Crippen LogP contribution >= 0.6 is 0 Å². The number of hydrogen-bond acceptors (Lipinski definition) is 4. The first kappa shape index (κ1) is 17.6. The van der Waals surface area contributed by atoms with Gasteiger partial charge in [0.1, 0.15) is 0 Å². The third-order valence-electron chi connectivity index (χ3n) is 3.99. The van der Waals surface area contributed by atoms with Gasteiger partial charge >= 0.3 is 0 Å². The number of likely N-dealkylation sites (tertiary alicyclic amines) is 1. The maximum Gasteiger partial charge on any atom is 0.289 e. The van der Waals surface area contributed by atoms with Crippen molar-refractivity contribution in [3.8, 4) is 0 Å². The minimum atomic E-state index is -0.432. The molecule has 0 aliphatic carbocycles. The first-order valence-corrected chi connectivity index (χ1v) is 7.55. The molecule has 1 rings (SSSR count). The predicted octanol–water partition coefficient (Wildman–Crippen LogP) is 0.398. The third-order valence-corrected chi connectivity index (χ3v) is 3.99. The summed E-state index contributed by atoms with van der Waals surface area (Å²) in [5, 5.41) is 0. The normalized spacial score (nSPS) is 20.1. The topological polar surface area (TPSA) is 83.7 Å². The maximum atomic E-state index is 11.9. The zero-order valence-electron chi connectivity index (χ0n) is 13.5. The van der Waals surface area contributed by atoms with Crippen molar-refractivity contribution >= 4 is 17.6 Å². The average molecular weight is 297 g/mol. The van der Waals surface area contributed by atoms with Gasteiger partial charge in [-0.2, -0.15) is 0 Å². The Morgan fingerprint density at radius 3 is 2.43 bits per heavy atom. The number of carbonyl (C=O) groups excluding carboxylic acids is 3. The Balaban J connectivity index is 2.71. The van der Waals surface area contributed by atoms with Crippen LogP contribution in [0.2, 0.25) is 0 Å². The molecule has 2 atom stereocenters. The Morgan fingerprint density at radius 1 is 1.33 bits per heavy atom. The second kappa shape index (κ2) is 7.54. The smallest absolute Gasteiger partial charge is 0.289 e. The van der Waals surface area contributed by atoms with Crippen molar-refractivity contribution in [2.24, 2.45) is 11.7 Å². The number of hydrogen-bond donors (Lipinski definition) is 1. The van der Waals surface area contributed by atoms with Crippen molar-refractivity contribution in [3.63, 3.8) is 0 Å². The zero-order valence-corrected chi connectivity index (χ0v) is 13.5. The number of rotatable bonds is 7. The van der Waals surface area contributed by atoms with Crippen LogP contribution in [0, 0.1) is 5.92 Å². The fourth-order valence-electron chi connectivity index (χ4n) is 2.91. The molecule has 1 fully saturated rings. The standard InChI is InChI=1S/C15H27N3O3/c1-10(2)8-13(14(16)20)17(4)9-12-6-5-7-18(12)15(21)11(3)19/h10,12-13H,5-9H2,1-4H3,(H2,16,20)/t12-,13+/m0/s1. The molecule has 0 aromatic rings. The van der Waals surface area contributed by atoms with Crippen LogP contribution in [0.5, 0.6) is 0 Å². The molecular weight excluding hydrogens is 270 g/mol. The Hall–Kier alpha value is -1.43. The van der Waals surface area contributed by atoms with E-state index in [0.29, 0.717) is 25.4 Å². The summed E-state index contributed by atoms with van der Waals surface area (Å²) in [4.78, 5) is 38.3. The highest BCUT2D eigenvalue weighted by Gasteiger charge is 2.33. The van der Waals surface area contributed by atoms with E-state index < -0.39 is 11.7 Å². The van der Waals surface area contributed by atoms with Gasteiger partial charge in [0, 0.05) is 26.1 Å². The summed E-state index contributed by atoms with van der Waals surface area (Å²) in [6.45, 7) is 6.57. The molecule has 0 aromatic heterocycles. The van der Waals surface area contributed by atoms with Crippen LogP contribution in [0.4, 0.5) is 0 Å². The van der Waals surface area contributed by atoms with E-state index >= 15 is 0 Å². The van der Waals surface area contributed by atoms with E-state index in [0.717, 1.165) is 12.8 Å². The summed E-state index contributed by atoms with van der Waals surface area (Å²) >= 11 is 0. The fourth-order valence-corrected chi connectivity index (χ4v) is 2.91. The second-order valence-corrected chi connectivity index (χ2v) is 6.34. The van der Waals surface area contributed by atoms with E-state index in [2.05, 4.69) is 0 Å². The molecule has 2 amide bonds. The number of carbonyl (C=O) groups is 3. The van der Waals surface area contributed by atoms with E-state index in [1.165, 1.54) is 6.92 Å². The molecule has 6 nitrogen and oxygen atoms in total. The van der Waals surface area contributed by atoms with Crippen LogP contribution in [-0.4, -0.2) is 59.6 Å². The number of Topliss-reactive ketones (excluding diaryl/α,β-unsaturated/α-hetero) is 1. The molecule has 2 N–H and O–H groups in total. The number of likely N-dealkylation sites (N-methyl/N-ethyl adjacent to an activating group) is 1. The predicted molar refractivity (Wildman–Crippen MR) is 80.5 cm³/mol. The maximum absolute atomic E-state index is 11.9. The number of amides is 2. The molecule has 21 heavy (non-hydrogen) atoms. The molecule has 0 bridgehead atoms. The minimum absolute atomic E-state index is 0.0135. The van der Waals surface area contributed by atoms with Gasteiger partial charge in [-0.25, -0.2) is 0 Å². The summed E-state index contributed by atoms with van der Waals surface area (Å²) in [6, 6.07) is -0.347. The van der Waals surface area contributed by atoms with E-state index in [9.17, 15) is 14.4 Å². The van der Waals surface area contributed by atoms with Crippen molar-refractivity contribution in [1.82, 2.24) is 9.80 Å². The quantitative estimate of drug-likeness (QED) is 0.689. The third kappa shape index (κ3) is 4.81. The van der Waals surface area contributed by atoms with Gasteiger partial charge in [0.05, 0.1) is 6.04 Å². The fraction of sp³-hybridized carbons (Fsp3) is 0.800. The molecule has 1 aliphatic rings. The van der Waals surface area contributed by atoms with Crippen LogP contribution in [0.1, 0.15) is 40.0 Å². The van der Waals surface area contributed by atoms with Gasteiger partial charge in [-0.3, -0.25) is 19.3 Å². The van der Waals surface area contributed by atoms with Gasteiger partial charge in [0.2, 0.25) is 11.7 Å². The Kier molecular flexibility index (Phi) is 6.33. The van der Waals surface area contributed by atoms with Crippen LogP contribution < -0.4 is 5.73 Å². The molecule has 0 unspecified atom stereocenters. The second-order valence-electron chi connectivity index (χ2n) is 6.34. The molecule has 1 aliphatic heterocycles. The Bertz CT molecular complexity index is 409. The highest BCUT2D eigenvalue weighted by Crippen LogP contribution is 2.20. The molecule has 0 saturated carbocycles. The molecular formula is C15H27N3O3. The molecule has 1 saturated heterocycles. The highest BCUT2D eigenvalue weighted by molar-refractivity contribution is 6.35. The monoisotopic (exact) mass is 297 g/mol. The van der Waals surface area contributed by atoms with E-state index in [-0.39, 0.29) is 18.0 Å².